The van der Waals surface area contributed by atoms with Crippen LogP contribution in [0.15, 0.2) is 24.3 Å². The number of benzene rings is 1. The molecule has 1 rings (SSSR count). The molecular weight excluding hydrogens is 179 g/mol. The first-order valence-electron chi connectivity index (χ1n) is 5.00. The zero-order valence-electron chi connectivity index (χ0n) is 9.01. The predicted octanol–water partition coefficient (Wildman–Crippen LogP) is 3.49. The molecule has 1 nitrogen and oxygen atoms in total. The highest BCUT2D eigenvalue weighted by Crippen LogP contribution is 2.33. The van der Waals surface area contributed by atoms with E-state index in [1.165, 1.54) is 6.07 Å². The van der Waals surface area contributed by atoms with Crippen LogP contribution < -0.4 is 0 Å². The molecule has 0 bridgehead atoms. The van der Waals surface area contributed by atoms with Crippen LogP contribution in [0.2, 0.25) is 0 Å². The second-order valence-corrected chi connectivity index (χ2v) is 3.39. The lowest BCUT2D eigenvalue weighted by atomic mass is 9.88. The van der Waals surface area contributed by atoms with Crippen molar-refractivity contribution in [1.82, 2.24) is 0 Å². The Kier molecular flexibility index (Phi) is 3.64. The second-order valence-electron chi connectivity index (χ2n) is 3.39. The standard InChI is InChI=1S/C12H17FO/c1-4-12(5-2,14-3)10-8-6-7-9-11(10)13/h6-9H,4-5H2,1-3H3. The van der Waals surface area contributed by atoms with Gasteiger partial charge in [-0.3, -0.25) is 0 Å². The van der Waals surface area contributed by atoms with Gasteiger partial charge in [0.1, 0.15) is 5.82 Å². The second kappa shape index (κ2) is 4.56. The van der Waals surface area contributed by atoms with Gasteiger partial charge in [0.25, 0.3) is 0 Å². The van der Waals surface area contributed by atoms with Gasteiger partial charge in [0.2, 0.25) is 0 Å². The molecule has 78 valence electrons. The quantitative estimate of drug-likeness (QED) is 0.716. The van der Waals surface area contributed by atoms with Crippen LogP contribution >= 0.6 is 0 Å². The Morgan fingerprint density at radius 2 is 1.79 bits per heavy atom. The minimum Gasteiger partial charge on any atom is -0.373 e. The first-order valence-corrected chi connectivity index (χ1v) is 5.00. The van der Waals surface area contributed by atoms with Crippen LogP contribution in [-0.2, 0) is 10.3 Å². The molecule has 0 radical (unpaired) electrons. The van der Waals surface area contributed by atoms with Crippen LogP contribution in [0.3, 0.4) is 0 Å². The summed E-state index contributed by atoms with van der Waals surface area (Å²) in [7, 11) is 1.64. The van der Waals surface area contributed by atoms with Gasteiger partial charge in [-0.15, -0.1) is 0 Å². The summed E-state index contributed by atoms with van der Waals surface area (Å²) in [5.74, 6) is -0.182. The van der Waals surface area contributed by atoms with E-state index in [-0.39, 0.29) is 5.82 Å². The van der Waals surface area contributed by atoms with Gasteiger partial charge >= 0.3 is 0 Å². The summed E-state index contributed by atoms with van der Waals surface area (Å²) < 4.78 is 19.0. The molecule has 0 unspecified atom stereocenters. The van der Waals surface area contributed by atoms with Gasteiger partial charge in [-0.05, 0) is 18.9 Å². The van der Waals surface area contributed by atoms with Crippen LogP contribution in [0.25, 0.3) is 0 Å². The fraction of sp³-hybridized carbons (Fsp3) is 0.500. The molecular formula is C12H17FO. The molecule has 0 fully saturated rings. The Bertz CT molecular complexity index is 284. The van der Waals surface area contributed by atoms with Crippen LogP contribution in [0.1, 0.15) is 32.3 Å². The third-order valence-electron chi connectivity index (χ3n) is 2.90. The number of methoxy groups -OCH3 is 1. The summed E-state index contributed by atoms with van der Waals surface area (Å²) >= 11 is 0. The van der Waals surface area contributed by atoms with Crippen molar-refractivity contribution in [3.05, 3.63) is 35.6 Å². The third kappa shape index (κ3) is 1.80. The van der Waals surface area contributed by atoms with Crippen molar-refractivity contribution in [3.8, 4) is 0 Å². The maximum absolute atomic E-state index is 13.6. The average Bonchev–Trinajstić information content (AvgIpc) is 2.24. The lowest BCUT2D eigenvalue weighted by Crippen LogP contribution is -2.27. The molecule has 0 aliphatic rings. The SMILES string of the molecule is CCC(CC)(OC)c1ccccc1F. The molecule has 0 saturated heterocycles. The molecule has 0 amide bonds. The number of hydrogen-bond acceptors (Lipinski definition) is 1. The van der Waals surface area contributed by atoms with Gasteiger partial charge in [0, 0.05) is 12.7 Å². The fourth-order valence-corrected chi connectivity index (χ4v) is 1.86. The van der Waals surface area contributed by atoms with Crippen LogP contribution in [0.5, 0.6) is 0 Å². The van der Waals surface area contributed by atoms with Gasteiger partial charge in [0.15, 0.2) is 0 Å². The molecule has 0 N–H and O–H groups in total. The van der Waals surface area contributed by atoms with E-state index in [0.29, 0.717) is 5.56 Å². The minimum absolute atomic E-state index is 0.182. The Balaban J connectivity index is 3.17. The molecule has 0 aliphatic carbocycles. The molecule has 0 spiro atoms. The van der Waals surface area contributed by atoms with Crippen molar-refractivity contribution in [2.24, 2.45) is 0 Å². The van der Waals surface area contributed by atoms with Crippen molar-refractivity contribution in [1.29, 1.82) is 0 Å². The highest BCUT2D eigenvalue weighted by Gasteiger charge is 2.30. The Morgan fingerprint density at radius 1 is 1.21 bits per heavy atom. The van der Waals surface area contributed by atoms with E-state index in [1.54, 1.807) is 19.2 Å². The highest BCUT2D eigenvalue weighted by molar-refractivity contribution is 5.24. The van der Waals surface area contributed by atoms with Crippen LogP contribution in [-0.4, -0.2) is 7.11 Å². The van der Waals surface area contributed by atoms with Crippen molar-refractivity contribution in [2.75, 3.05) is 7.11 Å². The molecule has 0 heterocycles. The molecule has 1 aromatic carbocycles. The topological polar surface area (TPSA) is 9.23 Å². The Hall–Kier alpha value is -0.890. The third-order valence-corrected chi connectivity index (χ3v) is 2.90. The van der Waals surface area contributed by atoms with Gasteiger partial charge in [-0.2, -0.15) is 0 Å². The lowest BCUT2D eigenvalue weighted by Gasteiger charge is -2.31. The summed E-state index contributed by atoms with van der Waals surface area (Å²) in [4.78, 5) is 0. The summed E-state index contributed by atoms with van der Waals surface area (Å²) in [5.41, 5.74) is 0.193. The number of hydrogen-bond donors (Lipinski definition) is 0. The van der Waals surface area contributed by atoms with E-state index in [0.717, 1.165) is 12.8 Å². The first kappa shape index (κ1) is 11.2. The van der Waals surface area contributed by atoms with Gasteiger partial charge in [-0.1, -0.05) is 32.0 Å². The summed E-state index contributed by atoms with van der Waals surface area (Å²) in [5, 5.41) is 0. The molecule has 0 saturated carbocycles. The van der Waals surface area contributed by atoms with Crippen LogP contribution in [0, 0.1) is 5.82 Å². The van der Waals surface area contributed by atoms with E-state index in [9.17, 15) is 4.39 Å². The molecule has 14 heavy (non-hydrogen) atoms. The van der Waals surface area contributed by atoms with Crippen molar-refractivity contribution < 1.29 is 9.13 Å². The summed E-state index contributed by atoms with van der Waals surface area (Å²) in [6.07, 6.45) is 1.56. The smallest absolute Gasteiger partial charge is 0.129 e. The van der Waals surface area contributed by atoms with Crippen LogP contribution in [0.4, 0.5) is 4.39 Å². The van der Waals surface area contributed by atoms with Crippen molar-refractivity contribution in [3.63, 3.8) is 0 Å². The molecule has 0 atom stereocenters. The largest absolute Gasteiger partial charge is 0.373 e. The Labute approximate surface area is 84.9 Å². The molecule has 2 heteroatoms. The zero-order chi connectivity index (χ0) is 10.6. The lowest BCUT2D eigenvalue weighted by molar-refractivity contribution is -0.0244. The maximum Gasteiger partial charge on any atom is 0.129 e. The maximum atomic E-state index is 13.6. The number of ether oxygens (including phenoxy) is 1. The van der Waals surface area contributed by atoms with Gasteiger partial charge in [0.05, 0.1) is 5.60 Å². The predicted molar refractivity (Wildman–Crippen MR) is 55.7 cm³/mol. The Morgan fingerprint density at radius 3 is 2.21 bits per heavy atom. The summed E-state index contributed by atoms with van der Waals surface area (Å²) in [6, 6.07) is 6.82. The van der Waals surface area contributed by atoms with E-state index >= 15 is 0 Å². The minimum atomic E-state index is -0.467. The van der Waals surface area contributed by atoms with Gasteiger partial charge < -0.3 is 4.74 Å². The van der Waals surface area contributed by atoms with E-state index in [1.807, 2.05) is 19.9 Å². The van der Waals surface area contributed by atoms with E-state index in [2.05, 4.69) is 0 Å². The van der Waals surface area contributed by atoms with Crippen molar-refractivity contribution >= 4 is 0 Å². The normalized spacial score (nSPS) is 11.7. The average molecular weight is 196 g/mol. The molecule has 0 aliphatic heterocycles. The van der Waals surface area contributed by atoms with Gasteiger partial charge in [-0.25, -0.2) is 4.39 Å². The summed E-state index contributed by atoms with van der Waals surface area (Å²) in [6.45, 7) is 4.03. The van der Waals surface area contributed by atoms with E-state index < -0.39 is 5.60 Å². The van der Waals surface area contributed by atoms with E-state index in [4.69, 9.17) is 4.74 Å². The zero-order valence-corrected chi connectivity index (χ0v) is 9.01. The molecule has 1 aromatic rings. The highest BCUT2D eigenvalue weighted by atomic mass is 19.1. The fourth-order valence-electron chi connectivity index (χ4n) is 1.86. The van der Waals surface area contributed by atoms with Crippen molar-refractivity contribution in [2.45, 2.75) is 32.3 Å². The first-order chi connectivity index (χ1) is 6.70. The monoisotopic (exact) mass is 196 g/mol. The molecule has 0 aromatic heterocycles. The number of halogens is 1. The number of rotatable bonds is 4.